The Morgan fingerprint density at radius 3 is 3.13 bits per heavy atom. The summed E-state index contributed by atoms with van der Waals surface area (Å²) in [5.41, 5.74) is 2.38. The summed E-state index contributed by atoms with van der Waals surface area (Å²) in [7, 11) is 2.02. The van der Waals surface area contributed by atoms with Gasteiger partial charge in [-0.2, -0.15) is 0 Å². The number of hydrogen-bond acceptors (Lipinski definition) is 6. The first kappa shape index (κ1) is 16.2. The van der Waals surface area contributed by atoms with Crippen LogP contribution in [-0.2, 0) is 11.2 Å². The average molecular weight is 321 g/mol. The summed E-state index contributed by atoms with van der Waals surface area (Å²) < 4.78 is 5.40. The zero-order chi connectivity index (χ0) is 16.4. The van der Waals surface area contributed by atoms with Crippen molar-refractivity contribution in [1.82, 2.24) is 10.3 Å². The Balaban J connectivity index is 1.62. The van der Waals surface area contributed by atoms with E-state index >= 15 is 0 Å². The molecule has 0 saturated carbocycles. The molecule has 23 heavy (non-hydrogen) atoms. The third-order valence-corrected chi connectivity index (χ3v) is 4.49. The summed E-state index contributed by atoms with van der Waals surface area (Å²) in [6.07, 6.45) is -0.0615. The van der Waals surface area contributed by atoms with Crippen molar-refractivity contribution in [3.8, 4) is 0 Å². The lowest BCUT2D eigenvalue weighted by atomic mass is 10.0. The Hall–Kier alpha value is -1.70. The van der Waals surface area contributed by atoms with Gasteiger partial charge >= 0.3 is 0 Å². The molecule has 0 bridgehead atoms. The number of nitrogens with one attached hydrogen (secondary N) is 1. The standard InChI is InChI=1S/C16H23N3O4/c1-19-7-2-3-10-12(19)5-4-11(18-10)16(22)17-9-14-15(21)13(20)6-8-23-14/h4-5,13-15,20-21H,2-3,6-9H2,1H3,(H,17,22). The zero-order valence-electron chi connectivity index (χ0n) is 13.2. The maximum absolute atomic E-state index is 12.3. The van der Waals surface area contributed by atoms with Gasteiger partial charge in [0.1, 0.15) is 17.9 Å². The van der Waals surface area contributed by atoms with Crippen molar-refractivity contribution in [3.63, 3.8) is 0 Å². The molecule has 7 heteroatoms. The van der Waals surface area contributed by atoms with Crippen LogP contribution >= 0.6 is 0 Å². The number of aliphatic hydroxyl groups excluding tert-OH is 2. The van der Waals surface area contributed by atoms with Crippen LogP contribution in [0.4, 0.5) is 5.69 Å². The first-order valence-corrected chi connectivity index (χ1v) is 8.03. The molecule has 0 spiro atoms. The van der Waals surface area contributed by atoms with Gasteiger partial charge in [0.25, 0.3) is 5.91 Å². The molecule has 1 amide bonds. The van der Waals surface area contributed by atoms with E-state index in [1.807, 2.05) is 13.1 Å². The van der Waals surface area contributed by atoms with Gasteiger partial charge in [-0.3, -0.25) is 4.79 Å². The van der Waals surface area contributed by atoms with Crippen LogP contribution in [0.15, 0.2) is 12.1 Å². The summed E-state index contributed by atoms with van der Waals surface area (Å²) in [6, 6.07) is 3.63. The van der Waals surface area contributed by atoms with Crippen LogP contribution in [0.25, 0.3) is 0 Å². The topological polar surface area (TPSA) is 94.9 Å². The van der Waals surface area contributed by atoms with Crippen molar-refractivity contribution in [3.05, 3.63) is 23.5 Å². The van der Waals surface area contributed by atoms with E-state index in [9.17, 15) is 15.0 Å². The van der Waals surface area contributed by atoms with Crippen LogP contribution in [0.2, 0.25) is 0 Å². The molecule has 3 rings (SSSR count). The molecule has 0 aromatic carbocycles. The number of fused-ring (bicyclic) bond motifs is 1. The minimum absolute atomic E-state index is 0.149. The maximum Gasteiger partial charge on any atom is 0.269 e. The highest BCUT2D eigenvalue weighted by Crippen LogP contribution is 2.24. The molecule has 0 aliphatic carbocycles. The zero-order valence-corrected chi connectivity index (χ0v) is 13.2. The van der Waals surface area contributed by atoms with Crippen molar-refractivity contribution in [1.29, 1.82) is 0 Å². The molecular weight excluding hydrogens is 298 g/mol. The number of carbonyl (C=O) groups is 1. The van der Waals surface area contributed by atoms with Crippen LogP contribution in [0, 0.1) is 0 Å². The van der Waals surface area contributed by atoms with Gasteiger partial charge in [0.15, 0.2) is 0 Å². The van der Waals surface area contributed by atoms with Gasteiger partial charge in [0.05, 0.1) is 17.5 Å². The molecule has 0 radical (unpaired) electrons. The van der Waals surface area contributed by atoms with Gasteiger partial charge in [-0.05, 0) is 31.4 Å². The lowest BCUT2D eigenvalue weighted by molar-refractivity contribution is -0.132. The largest absolute Gasteiger partial charge is 0.390 e. The summed E-state index contributed by atoms with van der Waals surface area (Å²) in [5, 5.41) is 22.2. The van der Waals surface area contributed by atoms with Crippen LogP contribution in [0.5, 0.6) is 0 Å². The van der Waals surface area contributed by atoms with Crippen LogP contribution in [-0.4, -0.2) is 66.2 Å². The number of ether oxygens (including phenoxy) is 1. The van der Waals surface area contributed by atoms with Gasteiger partial charge in [0.2, 0.25) is 0 Å². The minimum Gasteiger partial charge on any atom is -0.390 e. The van der Waals surface area contributed by atoms with Gasteiger partial charge in [0, 0.05) is 26.7 Å². The number of rotatable bonds is 3. The van der Waals surface area contributed by atoms with Crippen LogP contribution in [0.3, 0.4) is 0 Å². The molecule has 1 fully saturated rings. The number of pyridine rings is 1. The van der Waals surface area contributed by atoms with E-state index in [0.29, 0.717) is 18.7 Å². The fourth-order valence-electron chi connectivity index (χ4n) is 3.08. The van der Waals surface area contributed by atoms with Crippen molar-refractivity contribution in [2.24, 2.45) is 0 Å². The molecular formula is C16H23N3O4. The number of carbonyl (C=O) groups excluding carboxylic acids is 1. The van der Waals surface area contributed by atoms with Crippen molar-refractivity contribution in [2.45, 2.75) is 37.6 Å². The van der Waals surface area contributed by atoms with E-state index in [1.54, 1.807) is 6.07 Å². The highest BCUT2D eigenvalue weighted by atomic mass is 16.5. The van der Waals surface area contributed by atoms with E-state index in [1.165, 1.54) is 0 Å². The predicted octanol–water partition coefficient (Wildman–Crippen LogP) is -0.295. The van der Waals surface area contributed by atoms with Crippen LogP contribution in [0.1, 0.15) is 29.0 Å². The number of nitrogens with zero attached hydrogens (tertiary/aromatic N) is 2. The van der Waals surface area contributed by atoms with Gasteiger partial charge < -0.3 is 25.2 Å². The molecule has 2 aliphatic heterocycles. The van der Waals surface area contributed by atoms with Crippen LogP contribution < -0.4 is 10.2 Å². The van der Waals surface area contributed by atoms with Crippen molar-refractivity contribution in [2.75, 3.05) is 31.6 Å². The van der Waals surface area contributed by atoms with Gasteiger partial charge in [-0.25, -0.2) is 4.98 Å². The lowest BCUT2D eigenvalue weighted by Crippen LogP contribution is -2.50. The number of aliphatic hydroxyl groups is 2. The van der Waals surface area contributed by atoms with Gasteiger partial charge in [-0.15, -0.1) is 0 Å². The maximum atomic E-state index is 12.3. The number of anilines is 1. The number of amides is 1. The normalized spacial score (nSPS) is 27.4. The van der Waals surface area contributed by atoms with E-state index in [2.05, 4.69) is 15.2 Å². The third-order valence-electron chi connectivity index (χ3n) is 4.49. The highest BCUT2D eigenvalue weighted by Gasteiger charge is 2.31. The van der Waals surface area contributed by atoms with Crippen molar-refractivity contribution < 1.29 is 19.7 Å². The second-order valence-electron chi connectivity index (χ2n) is 6.15. The quantitative estimate of drug-likeness (QED) is 0.708. The Bertz CT molecular complexity index is 580. The van der Waals surface area contributed by atoms with E-state index < -0.39 is 18.3 Å². The average Bonchev–Trinajstić information content (AvgIpc) is 2.56. The summed E-state index contributed by atoms with van der Waals surface area (Å²) in [4.78, 5) is 18.9. The summed E-state index contributed by atoms with van der Waals surface area (Å²) in [5.74, 6) is -0.295. The fraction of sp³-hybridized carbons (Fsp3) is 0.625. The van der Waals surface area contributed by atoms with E-state index in [-0.39, 0.29) is 12.5 Å². The van der Waals surface area contributed by atoms with Crippen molar-refractivity contribution >= 4 is 11.6 Å². The second-order valence-corrected chi connectivity index (χ2v) is 6.15. The number of aryl methyl sites for hydroxylation is 1. The molecule has 2 aliphatic rings. The molecule has 1 saturated heterocycles. The Morgan fingerprint density at radius 2 is 2.30 bits per heavy atom. The first-order valence-electron chi connectivity index (χ1n) is 8.03. The monoisotopic (exact) mass is 321 g/mol. The molecule has 1 aromatic heterocycles. The molecule has 3 heterocycles. The SMILES string of the molecule is CN1CCCc2nc(C(=O)NCC3OCCC(O)C3O)ccc21. The Labute approximate surface area is 135 Å². The Kier molecular flexibility index (Phi) is 4.79. The summed E-state index contributed by atoms with van der Waals surface area (Å²) in [6.45, 7) is 1.53. The number of aromatic nitrogens is 1. The molecule has 7 nitrogen and oxygen atoms in total. The van der Waals surface area contributed by atoms with Gasteiger partial charge in [-0.1, -0.05) is 0 Å². The lowest BCUT2D eigenvalue weighted by Gasteiger charge is -2.32. The second kappa shape index (κ2) is 6.82. The summed E-state index contributed by atoms with van der Waals surface area (Å²) >= 11 is 0. The molecule has 3 atom stereocenters. The molecule has 3 unspecified atom stereocenters. The minimum atomic E-state index is -0.978. The smallest absolute Gasteiger partial charge is 0.269 e. The fourth-order valence-corrected chi connectivity index (χ4v) is 3.08. The first-order chi connectivity index (χ1) is 11.1. The van der Waals surface area contributed by atoms with E-state index in [0.717, 1.165) is 30.8 Å². The Morgan fingerprint density at radius 1 is 1.48 bits per heavy atom. The van der Waals surface area contributed by atoms with E-state index in [4.69, 9.17) is 4.74 Å². The molecule has 3 N–H and O–H groups in total. The highest BCUT2D eigenvalue weighted by molar-refractivity contribution is 5.92. The predicted molar refractivity (Wildman–Crippen MR) is 84.5 cm³/mol. The third kappa shape index (κ3) is 3.46. The molecule has 126 valence electrons. The number of hydrogen-bond donors (Lipinski definition) is 3. The molecule has 1 aromatic rings.